The van der Waals surface area contributed by atoms with Crippen LogP contribution in [-0.4, -0.2) is 36.1 Å². The van der Waals surface area contributed by atoms with Gasteiger partial charge in [-0.25, -0.2) is 0 Å². The summed E-state index contributed by atoms with van der Waals surface area (Å²) in [7, 11) is 4.34. The van der Waals surface area contributed by atoms with Crippen LogP contribution >= 0.6 is 0 Å². The zero-order valence-corrected chi connectivity index (χ0v) is 13.2. The molecule has 0 radical (unpaired) electrons. The van der Waals surface area contributed by atoms with Crippen molar-refractivity contribution < 1.29 is 0 Å². The molecule has 114 valence electrons. The lowest BCUT2D eigenvalue weighted by Crippen LogP contribution is -2.36. The molecule has 0 spiro atoms. The highest BCUT2D eigenvalue weighted by Gasteiger charge is 2.22. The van der Waals surface area contributed by atoms with E-state index in [4.69, 9.17) is 5.26 Å². The Kier molecular flexibility index (Phi) is 4.26. The van der Waals surface area contributed by atoms with Crippen molar-refractivity contribution in [3.05, 3.63) is 36.0 Å². The minimum Gasteiger partial charge on any atom is -0.382 e. The Balaban J connectivity index is 1.71. The molecule has 0 amide bonds. The Morgan fingerprint density at radius 2 is 1.95 bits per heavy atom. The van der Waals surface area contributed by atoms with Gasteiger partial charge in [-0.15, -0.1) is 0 Å². The minimum atomic E-state index is 0.542. The van der Waals surface area contributed by atoms with Gasteiger partial charge in [0.2, 0.25) is 0 Å². The summed E-state index contributed by atoms with van der Waals surface area (Å²) in [6.07, 6.45) is 6.53. The van der Waals surface area contributed by atoms with Crippen molar-refractivity contribution in [3.63, 3.8) is 0 Å². The van der Waals surface area contributed by atoms with Gasteiger partial charge in [0, 0.05) is 29.4 Å². The number of pyridine rings is 1. The molecule has 3 rings (SSSR count). The number of aromatic nitrogens is 1. The molecule has 0 saturated heterocycles. The summed E-state index contributed by atoms with van der Waals surface area (Å²) >= 11 is 0. The summed E-state index contributed by atoms with van der Waals surface area (Å²) in [6.45, 7) is 0. The van der Waals surface area contributed by atoms with Crippen LogP contribution in [0.3, 0.4) is 0 Å². The van der Waals surface area contributed by atoms with E-state index in [0.29, 0.717) is 11.6 Å². The topological polar surface area (TPSA) is 52.0 Å². The van der Waals surface area contributed by atoms with Gasteiger partial charge in [0.15, 0.2) is 0 Å². The van der Waals surface area contributed by atoms with Crippen LogP contribution in [0.4, 0.5) is 5.69 Å². The molecule has 0 aliphatic heterocycles. The Morgan fingerprint density at radius 3 is 2.64 bits per heavy atom. The molecule has 0 unspecified atom stereocenters. The zero-order chi connectivity index (χ0) is 15.5. The summed E-state index contributed by atoms with van der Waals surface area (Å²) < 4.78 is 0. The molecule has 1 aromatic carbocycles. The summed E-state index contributed by atoms with van der Waals surface area (Å²) in [5.74, 6) is 0. The summed E-state index contributed by atoms with van der Waals surface area (Å²) in [5.41, 5.74) is 2.66. The fourth-order valence-corrected chi connectivity index (χ4v) is 3.25. The van der Waals surface area contributed by atoms with Crippen molar-refractivity contribution in [2.75, 3.05) is 19.4 Å². The van der Waals surface area contributed by atoms with Gasteiger partial charge in [-0.3, -0.25) is 4.98 Å². The molecule has 1 saturated carbocycles. The monoisotopic (exact) mass is 294 g/mol. The number of nitriles is 1. The average molecular weight is 294 g/mol. The first-order valence-corrected chi connectivity index (χ1v) is 7.88. The first kappa shape index (κ1) is 14.8. The van der Waals surface area contributed by atoms with Crippen molar-refractivity contribution >= 4 is 16.6 Å². The number of hydrogen-bond acceptors (Lipinski definition) is 4. The third-order valence-corrected chi connectivity index (χ3v) is 4.61. The minimum absolute atomic E-state index is 0.542. The smallest absolute Gasteiger partial charge is 0.101 e. The maximum Gasteiger partial charge on any atom is 0.101 e. The van der Waals surface area contributed by atoms with Crippen molar-refractivity contribution in [3.8, 4) is 6.07 Å². The maximum atomic E-state index is 8.99. The molecule has 4 heteroatoms. The van der Waals surface area contributed by atoms with Crippen LogP contribution < -0.4 is 5.32 Å². The second-order valence-electron chi connectivity index (χ2n) is 6.36. The first-order chi connectivity index (χ1) is 10.7. The highest BCUT2D eigenvalue weighted by atomic mass is 15.1. The Bertz CT molecular complexity index is 694. The van der Waals surface area contributed by atoms with Crippen LogP contribution in [-0.2, 0) is 0 Å². The van der Waals surface area contributed by atoms with E-state index in [9.17, 15) is 0 Å². The lowest BCUT2D eigenvalue weighted by molar-refractivity contribution is 0.221. The van der Waals surface area contributed by atoms with Gasteiger partial charge >= 0.3 is 0 Å². The highest BCUT2D eigenvalue weighted by Crippen LogP contribution is 2.26. The largest absolute Gasteiger partial charge is 0.382 e. The van der Waals surface area contributed by atoms with Gasteiger partial charge in [-0.05, 0) is 64.0 Å². The quantitative estimate of drug-likeness (QED) is 0.942. The van der Waals surface area contributed by atoms with E-state index in [2.05, 4.69) is 47.5 Å². The van der Waals surface area contributed by atoms with E-state index in [1.165, 1.54) is 25.7 Å². The summed E-state index contributed by atoms with van der Waals surface area (Å²) in [4.78, 5) is 6.65. The molecular formula is C18H22N4. The standard InChI is InChI=1S/C18H22N4/c1-22(2)17-6-3-15(4-7-17)21-16-5-8-18-14(10-16)9-13(11-19)12-20-18/h5,8-10,12,15,17,21H,3-4,6-7H2,1-2H3/t15-,17-. The van der Waals surface area contributed by atoms with Crippen LogP contribution in [0.15, 0.2) is 30.5 Å². The third-order valence-electron chi connectivity index (χ3n) is 4.61. The van der Waals surface area contributed by atoms with Gasteiger partial charge in [-0.1, -0.05) is 0 Å². The lowest BCUT2D eigenvalue weighted by Gasteiger charge is -2.33. The van der Waals surface area contributed by atoms with Crippen molar-refractivity contribution in [1.82, 2.24) is 9.88 Å². The Morgan fingerprint density at radius 1 is 1.18 bits per heavy atom. The fraction of sp³-hybridized carbons (Fsp3) is 0.444. The van der Waals surface area contributed by atoms with E-state index in [-0.39, 0.29) is 0 Å². The fourth-order valence-electron chi connectivity index (χ4n) is 3.25. The molecule has 1 aliphatic rings. The molecule has 4 nitrogen and oxygen atoms in total. The van der Waals surface area contributed by atoms with Crippen LogP contribution in [0.1, 0.15) is 31.2 Å². The summed E-state index contributed by atoms with van der Waals surface area (Å²) in [6, 6.07) is 11.5. The normalized spacial score (nSPS) is 21.7. The Labute approximate surface area is 131 Å². The van der Waals surface area contributed by atoms with Gasteiger partial charge in [0.25, 0.3) is 0 Å². The second-order valence-corrected chi connectivity index (χ2v) is 6.36. The van der Waals surface area contributed by atoms with E-state index in [1.54, 1.807) is 6.20 Å². The molecule has 1 aliphatic carbocycles. The van der Waals surface area contributed by atoms with E-state index in [0.717, 1.165) is 22.6 Å². The highest BCUT2D eigenvalue weighted by molar-refractivity contribution is 5.83. The molecule has 1 fully saturated rings. The van der Waals surface area contributed by atoms with Crippen LogP contribution in [0.25, 0.3) is 10.9 Å². The first-order valence-electron chi connectivity index (χ1n) is 7.88. The number of nitrogens with zero attached hydrogens (tertiary/aromatic N) is 3. The number of rotatable bonds is 3. The zero-order valence-electron chi connectivity index (χ0n) is 13.2. The number of benzene rings is 1. The Hall–Kier alpha value is -2.12. The number of anilines is 1. The van der Waals surface area contributed by atoms with Crippen LogP contribution in [0.2, 0.25) is 0 Å². The predicted molar refractivity (Wildman–Crippen MR) is 89.8 cm³/mol. The summed E-state index contributed by atoms with van der Waals surface area (Å²) in [5, 5.41) is 13.6. The predicted octanol–water partition coefficient (Wildman–Crippen LogP) is 3.39. The molecule has 1 aromatic heterocycles. The number of nitrogens with one attached hydrogen (secondary N) is 1. The molecule has 0 atom stereocenters. The van der Waals surface area contributed by atoms with Crippen molar-refractivity contribution in [2.45, 2.75) is 37.8 Å². The molecule has 0 bridgehead atoms. The van der Waals surface area contributed by atoms with Crippen LogP contribution in [0.5, 0.6) is 0 Å². The second kappa shape index (κ2) is 6.33. The SMILES string of the molecule is CN(C)[C@H]1CC[C@H](Nc2ccc3ncc(C#N)cc3c2)CC1. The van der Waals surface area contributed by atoms with E-state index in [1.807, 2.05) is 12.1 Å². The van der Waals surface area contributed by atoms with Gasteiger partial charge in [-0.2, -0.15) is 5.26 Å². The van der Waals surface area contributed by atoms with Gasteiger partial charge < -0.3 is 10.2 Å². The van der Waals surface area contributed by atoms with Gasteiger partial charge in [0.05, 0.1) is 11.1 Å². The third kappa shape index (κ3) is 3.20. The number of hydrogen-bond donors (Lipinski definition) is 1. The van der Waals surface area contributed by atoms with E-state index >= 15 is 0 Å². The maximum absolute atomic E-state index is 8.99. The lowest BCUT2D eigenvalue weighted by atomic mass is 9.90. The number of fused-ring (bicyclic) bond motifs is 1. The molecule has 2 aromatic rings. The van der Waals surface area contributed by atoms with Crippen molar-refractivity contribution in [1.29, 1.82) is 5.26 Å². The molecule has 22 heavy (non-hydrogen) atoms. The molecule has 1 heterocycles. The van der Waals surface area contributed by atoms with Gasteiger partial charge in [0.1, 0.15) is 6.07 Å². The average Bonchev–Trinajstić information content (AvgIpc) is 2.54. The van der Waals surface area contributed by atoms with Crippen molar-refractivity contribution in [2.24, 2.45) is 0 Å². The molecule has 1 N–H and O–H groups in total. The molecular weight excluding hydrogens is 272 g/mol. The van der Waals surface area contributed by atoms with E-state index < -0.39 is 0 Å². The van der Waals surface area contributed by atoms with Crippen LogP contribution in [0, 0.1) is 11.3 Å².